The van der Waals surface area contributed by atoms with Crippen molar-refractivity contribution < 1.29 is 39.0 Å². The molecule has 2 aromatic rings. The molecule has 4 amide bonds. The Morgan fingerprint density at radius 2 is 1.64 bits per heavy atom. The number of aryl methyl sites for hydroxylation is 1. The van der Waals surface area contributed by atoms with E-state index in [1.807, 2.05) is 0 Å². The molecule has 12 nitrogen and oxygen atoms in total. The molecule has 0 bridgehead atoms. The first-order valence-corrected chi connectivity index (χ1v) is 15.4. The summed E-state index contributed by atoms with van der Waals surface area (Å²) in [4.78, 5) is 74.5. The number of amides is 4. The Bertz CT molecular complexity index is 1400. The smallest absolute Gasteiger partial charge is 0.395 e. The van der Waals surface area contributed by atoms with E-state index in [1.54, 1.807) is 19.1 Å². The minimum Gasteiger partial charge on any atom is -0.478 e. The van der Waals surface area contributed by atoms with Gasteiger partial charge in [0, 0.05) is 32.4 Å². The molecule has 5 N–H and O–H groups in total. The number of nitrogens with one attached hydrogen (secondary N) is 3. The molecule has 0 aromatic heterocycles. The van der Waals surface area contributed by atoms with Crippen molar-refractivity contribution >= 4 is 46.9 Å². The van der Waals surface area contributed by atoms with Gasteiger partial charge in [0.1, 0.15) is 6.04 Å². The van der Waals surface area contributed by atoms with Crippen LogP contribution in [0.4, 0.5) is 11.4 Å². The van der Waals surface area contributed by atoms with E-state index in [4.69, 9.17) is 0 Å². The Morgan fingerprint density at radius 3 is 2.29 bits per heavy atom. The maximum Gasteiger partial charge on any atom is 0.395 e. The van der Waals surface area contributed by atoms with Crippen LogP contribution in [0.25, 0.3) is 0 Å². The lowest BCUT2D eigenvalue weighted by atomic mass is 9.95. The van der Waals surface area contributed by atoms with Crippen molar-refractivity contribution in [2.45, 2.75) is 90.1 Å². The molecule has 242 valence electrons. The molecule has 1 aliphatic rings. The van der Waals surface area contributed by atoms with E-state index in [0.717, 1.165) is 30.6 Å². The fourth-order valence-corrected chi connectivity index (χ4v) is 5.54. The molecule has 2 aromatic carbocycles. The fraction of sp³-hybridized carbons (Fsp3) is 0.455. The number of anilines is 2. The number of aromatic carboxylic acids is 1. The second-order valence-electron chi connectivity index (χ2n) is 11.2. The molecule has 0 spiro atoms. The van der Waals surface area contributed by atoms with Gasteiger partial charge in [-0.3, -0.25) is 24.1 Å². The van der Waals surface area contributed by atoms with E-state index >= 15 is 0 Å². The average molecular weight is 623 g/mol. The third kappa shape index (κ3) is 10.2. The standard InChI is InChI=1S/C33H42N4O8/c1-3-23-19-22(16-17-27(23)37(31(41)33(44)45)28-14-8-7-13-25(28)32(42)43)20-26(35-21(2)38)30(40)34-18-10-9-15-29(39)36-24-11-5-4-6-12-24/h7-8,13-14,16-17,19,24,26H,3-6,9-12,15,18,20H2,1-2H3,(H,34,40)(H,35,38)(H,36,39)(H,42,43)(H,44,45). The minimum absolute atomic E-state index is 0.0228. The fourth-order valence-electron chi connectivity index (χ4n) is 5.54. The van der Waals surface area contributed by atoms with E-state index in [1.165, 1.54) is 43.7 Å². The summed E-state index contributed by atoms with van der Waals surface area (Å²) in [5.74, 6) is -5.17. The Hall–Kier alpha value is -4.74. The van der Waals surface area contributed by atoms with E-state index in [-0.39, 0.29) is 35.3 Å². The molecule has 1 aliphatic carbocycles. The van der Waals surface area contributed by atoms with Gasteiger partial charge in [-0.25, -0.2) is 9.59 Å². The van der Waals surface area contributed by atoms with Crippen LogP contribution >= 0.6 is 0 Å². The van der Waals surface area contributed by atoms with Gasteiger partial charge >= 0.3 is 17.8 Å². The topological polar surface area (TPSA) is 182 Å². The van der Waals surface area contributed by atoms with Crippen molar-refractivity contribution in [3.8, 4) is 0 Å². The third-order valence-corrected chi connectivity index (χ3v) is 7.76. The van der Waals surface area contributed by atoms with E-state index in [9.17, 15) is 39.0 Å². The van der Waals surface area contributed by atoms with E-state index in [0.29, 0.717) is 43.4 Å². The van der Waals surface area contributed by atoms with Gasteiger partial charge in [0.2, 0.25) is 17.7 Å². The summed E-state index contributed by atoms with van der Waals surface area (Å²) >= 11 is 0. The van der Waals surface area contributed by atoms with Crippen molar-refractivity contribution in [3.05, 3.63) is 59.2 Å². The van der Waals surface area contributed by atoms with Crippen molar-refractivity contribution in [1.82, 2.24) is 16.0 Å². The normalized spacial score (nSPS) is 13.7. The summed E-state index contributed by atoms with van der Waals surface area (Å²) in [5.41, 5.74) is 1.02. The van der Waals surface area contributed by atoms with Gasteiger partial charge in [0.15, 0.2) is 0 Å². The third-order valence-electron chi connectivity index (χ3n) is 7.76. The average Bonchev–Trinajstić information content (AvgIpc) is 3.01. The van der Waals surface area contributed by atoms with Gasteiger partial charge in [-0.2, -0.15) is 0 Å². The number of carboxylic acids is 2. The highest BCUT2D eigenvalue weighted by Crippen LogP contribution is 2.33. The molecule has 0 aliphatic heterocycles. The SMILES string of the molecule is CCc1cc(CC(NC(C)=O)C(=O)NCCCCC(=O)NC2CCCCC2)ccc1N(C(=O)C(=O)O)c1ccccc1C(=O)O. The number of para-hydroxylation sites is 1. The second-order valence-corrected chi connectivity index (χ2v) is 11.2. The molecular weight excluding hydrogens is 580 g/mol. The van der Waals surface area contributed by atoms with Crippen LogP contribution in [0.15, 0.2) is 42.5 Å². The lowest BCUT2D eigenvalue weighted by Crippen LogP contribution is -2.47. The number of hydrogen-bond acceptors (Lipinski definition) is 6. The Labute approximate surface area is 262 Å². The first-order valence-electron chi connectivity index (χ1n) is 15.4. The Kier molecular flexibility index (Phi) is 13.1. The lowest BCUT2D eigenvalue weighted by Gasteiger charge is -2.26. The summed E-state index contributed by atoms with van der Waals surface area (Å²) in [6.45, 7) is 3.43. The summed E-state index contributed by atoms with van der Waals surface area (Å²) < 4.78 is 0. The van der Waals surface area contributed by atoms with Crippen LogP contribution in [0.1, 0.15) is 86.7 Å². The van der Waals surface area contributed by atoms with Crippen molar-refractivity contribution in [3.63, 3.8) is 0 Å². The molecule has 3 rings (SSSR count). The monoisotopic (exact) mass is 622 g/mol. The summed E-state index contributed by atoms with van der Waals surface area (Å²) in [6.07, 6.45) is 7.59. The molecule has 0 heterocycles. The largest absolute Gasteiger partial charge is 0.478 e. The van der Waals surface area contributed by atoms with Gasteiger partial charge in [-0.1, -0.05) is 50.5 Å². The molecule has 1 fully saturated rings. The van der Waals surface area contributed by atoms with Crippen molar-refractivity contribution in [2.24, 2.45) is 0 Å². The predicted octanol–water partition coefficient (Wildman–Crippen LogP) is 3.48. The summed E-state index contributed by atoms with van der Waals surface area (Å²) in [5, 5.41) is 27.8. The summed E-state index contributed by atoms with van der Waals surface area (Å²) in [7, 11) is 0. The zero-order valence-electron chi connectivity index (χ0n) is 25.8. The highest BCUT2D eigenvalue weighted by Gasteiger charge is 2.30. The number of unbranched alkanes of at least 4 members (excludes halogenated alkanes) is 1. The number of nitrogens with zero attached hydrogens (tertiary/aromatic N) is 1. The number of hydrogen-bond donors (Lipinski definition) is 5. The van der Waals surface area contributed by atoms with E-state index in [2.05, 4.69) is 16.0 Å². The molecule has 12 heteroatoms. The maximum atomic E-state index is 13.0. The Balaban J connectivity index is 1.70. The number of aliphatic carboxylic acids is 1. The van der Waals surface area contributed by atoms with Gasteiger partial charge in [-0.05, 0) is 61.4 Å². The van der Waals surface area contributed by atoms with Gasteiger partial charge in [-0.15, -0.1) is 0 Å². The van der Waals surface area contributed by atoms with Gasteiger partial charge < -0.3 is 26.2 Å². The number of carbonyl (C=O) groups excluding carboxylic acids is 4. The van der Waals surface area contributed by atoms with Gasteiger partial charge in [0.05, 0.1) is 16.9 Å². The lowest BCUT2D eigenvalue weighted by molar-refractivity contribution is -0.148. The molecular formula is C33H42N4O8. The minimum atomic E-state index is -1.76. The van der Waals surface area contributed by atoms with Crippen LogP contribution in [0.3, 0.4) is 0 Å². The number of carbonyl (C=O) groups is 6. The van der Waals surface area contributed by atoms with Crippen LogP contribution in [0, 0.1) is 0 Å². The van der Waals surface area contributed by atoms with Crippen LogP contribution in [0.5, 0.6) is 0 Å². The highest BCUT2D eigenvalue weighted by molar-refractivity contribution is 6.39. The molecule has 1 saturated carbocycles. The van der Waals surface area contributed by atoms with Crippen molar-refractivity contribution in [1.29, 1.82) is 0 Å². The van der Waals surface area contributed by atoms with Crippen LogP contribution in [-0.2, 0) is 36.8 Å². The number of rotatable bonds is 14. The van der Waals surface area contributed by atoms with E-state index < -0.39 is 35.7 Å². The maximum absolute atomic E-state index is 13.0. The van der Waals surface area contributed by atoms with Gasteiger partial charge in [0.25, 0.3) is 0 Å². The number of benzene rings is 2. The summed E-state index contributed by atoms with van der Waals surface area (Å²) in [6, 6.07) is 9.79. The molecule has 0 radical (unpaired) electrons. The second kappa shape index (κ2) is 16.9. The zero-order valence-corrected chi connectivity index (χ0v) is 25.8. The first kappa shape index (κ1) is 34.7. The Morgan fingerprint density at radius 1 is 0.933 bits per heavy atom. The number of carboxylic acid groups (broad SMARTS) is 2. The quantitative estimate of drug-likeness (QED) is 0.157. The molecule has 0 saturated heterocycles. The molecule has 1 atom stereocenters. The van der Waals surface area contributed by atoms with Crippen LogP contribution in [0.2, 0.25) is 0 Å². The van der Waals surface area contributed by atoms with Crippen molar-refractivity contribution in [2.75, 3.05) is 11.4 Å². The molecule has 45 heavy (non-hydrogen) atoms. The predicted molar refractivity (Wildman–Crippen MR) is 167 cm³/mol. The first-order chi connectivity index (χ1) is 21.5. The molecule has 1 unspecified atom stereocenters. The zero-order chi connectivity index (χ0) is 32.9. The van der Waals surface area contributed by atoms with Crippen LogP contribution in [-0.4, -0.2) is 64.4 Å². The van der Waals surface area contributed by atoms with Crippen LogP contribution < -0.4 is 20.9 Å². The highest BCUT2D eigenvalue weighted by atomic mass is 16.4.